The zero-order chi connectivity index (χ0) is 26.0. The summed E-state index contributed by atoms with van der Waals surface area (Å²) in [4.78, 5) is 39.1. The fourth-order valence-electron chi connectivity index (χ4n) is 4.32. The third-order valence-electron chi connectivity index (χ3n) is 6.20. The number of carbonyl (C=O) groups is 3. The fourth-order valence-corrected chi connectivity index (χ4v) is 6.26. The Labute approximate surface area is 210 Å². The molecule has 0 aromatic heterocycles. The van der Waals surface area contributed by atoms with Gasteiger partial charge in [0.1, 0.15) is 11.1 Å². The highest BCUT2D eigenvalue weighted by atomic mass is 35.5. The van der Waals surface area contributed by atoms with Crippen molar-refractivity contribution in [3.8, 4) is 0 Å². The number of piperidine rings is 2. The molecule has 35 heavy (non-hydrogen) atoms. The fraction of sp³-hybridized carbons (Fsp3) is 0.609. The summed E-state index contributed by atoms with van der Waals surface area (Å²) in [6, 6.07) is 5.26. The molecule has 10 nitrogen and oxygen atoms in total. The number of hydrogen-bond donors (Lipinski definition) is 2. The van der Waals surface area contributed by atoms with Crippen molar-refractivity contribution in [1.82, 2.24) is 13.9 Å². The van der Waals surface area contributed by atoms with E-state index < -0.39 is 39.5 Å². The van der Waals surface area contributed by atoms with Crippen LogP contribution in [0.3, 0.4) is 0 Å². The van der Waals surface area contributed by atoms with Gasteiger partial charge in [-0.05, 0) is 70.7 Å². The highest BCUT2D eigenvalue weighted by Crippen LogP contribution is 2.29. The molecule has 2 heterocycles. The van der Waals surface area contributed by atoms with Crippen LogP contribution in [0.2, 0.25) is 5.02 Å². The number of benzene rings is 1. The summed E-state index contributed by atoms with van der Waals surface area (Å²) >= 11 is 5.90. The minimum atomic E-state index is -4.34. The molecule has 2 saturated heterocycles. The van der Waals surface area contributed by atoms with Gasteiger partial charge in [0.15, 0.2) is 5.78 Å². The zero-order valence-corrected chi connectivity index (χ0v) is 21.7. The lowest BCUT2D eigenvalue weighted by Gasteiger charge is -2.41. The number of nitrogens with zero attached hydrogens (tertiary/aromatic N) is 2. The summed E-state index contributed by atoms with van der Waals surface area (Å²) in [6.07, 6.45) is 0.705. The van der Waals surface area contributed by atoms with Crippen LogP contribution in [0.15, 0.2) is 24.3 Å². The Morgan fingerprint density at radius 2 is 1.69 bits per heavy atom. The second-order valence-corrected chi connectivity index (χ2v) is 12.0. The molecule has 0 aliphatic carbocycles. The van der Waals surface area contributed by atoms with Crippen LogP contribution in [0.1, 0.15) is 63.2 Å². The van der Waals surface area contributed by atoms with Crippen molar-refractivity contribution in [3.05, 3.63) is 34.9 Å². The number of likely N-dealkylation sites (tertiary alicyclic amines) is 1. The van der Waals surface area contributed by atoms with Crippen LogP contribution in [0.4, 0.5) is 4.79 Å². The van der Waals surface area contributed by atoms with E-state index in [4.69, 9.17) is 16.3 Å². The summed E-state index contributed by atoms with van der Waals surface area (Å²) in [5.74, 6) is -1.70. The largest absolute Gasteiger partial charge is 0.480 e. The number of aliphatic carboxylic acids is 1. The number of ether oxygens (including phenoxy) is 1. The first-order chi connectivity index (χ1) is 16.2. The molecule has 1 atom stereocenters. The molecule has 1 aromatic carbocycles. The van der Waals surface area contributed by atoms with Gasteiger partial charge in [-0.3, -0.25) is 9.59 Å². The first kappa shape index (κ1) is 27.4. The monoisotopic (exact) mass is 529 g/mol. The molecule has 2 N–H and O–H groups in total. The van der Waals surface area contributed by atoms with E-state index in [0.717, 1.165) is 4.31 Å². The summed E-state index contributed by atoms with van der Waals surface area (Å²) in [5, 5.41) is 10.4. The molecular formula is C23H32ClN3O7S. The van der Waals surface area contributed by atoms with Crippen LogP contribution in [-0.4, -0.2) is 77.4 Å². The molecule has 194 valence electrons. The van der Waals surface area contributed by atoms with Gasteiger partial charge in [0, 0.05) is 30.2 Å². The second-order valence-electron chi connectivity index (χ2n) is 9.96. The number of hydrogen-bond acceptors (Lipinski definition) is 6. The van der Waals surface area contributed by atoms with Crippen LogP contribution < -0.4 is 4.72 Å². The Bertz CT molecular complexity index is 1060. The van der Waals surface area contributed by atoms with Crippen molar-refractivity contribution in [2.75, 3.05) is 19.6 Å². The average Bonchev–Trinajstić information content (AvgIpc) is 2.78. The molecule has 2 aliphatic rings. The molecule has 1 amide bonds. The number of nitrogens with one attached hydrogen (secondary N) is 1. The predicted octanol–water partition coefficient (Wildman–Crippen LogP) is 3.07. The SMILES string of the molecule is CC(C)(C)OC(=O)N1CCC(NS(=O)(=O)N2CCCCC2C(=O)c2ccc(Cl)cc2)(C(=O)O)CC1. The van der Waals surface area contributed by atoms with Gasteiger partial charge in [-0.25, -0.2) is 4.79 Å². The summed E-state index contributed by atoms with van der Waals surface area (Å²) in [6.45, 7) is 5.30. The van der Waals surface area contributed by atoms with Crippen molar-refractivity contribution < 1.29 is 32.6 Å². The Kier molecular flexibility index (Phi) is 8.15. The van der Waals surface area contributed by atoms with Gasteiger partial charge >= 0.3 is 12.1 Å². The quantitative estimate of drug-likeness (QED) is 0.541. The van der Waals surface area contributed by atoms with Crippen LogP contribution in [0, 0.1) is 0 Å². The molecule has 0 spiro atoms. The molecule has 0 bridgehead atoms. The average molecular weight is 530 g/mol. The maximum atomic E-state index is 13.4. The van der Waals surface area contributed by atoms with Gasteiger partial charge in [0.2, 0.25) is 0 Å². The number of carboxylic acids is 1. The third kappa shape index (κ3) is 6.52. The van der Waals surface area contributed by atoms with Gasteiger partial charge in [-0.15, -0.1) is 0 Å². The summed E-state index contributed by atoms with van der Waals surface area (Å²) in [5.41, 5.74) is -2.18. The molecule has 1 aromatic rings. The molecule has 2 fully saturated rings. The van der Waals surface area contributed by atoms with Gasteiger partial charge in [-0.1, -0.05) is 18.0 Å². The van der Waals surface area contributed by atoms with Crippen molar-refractivity contribution in [1.29, 1.82) is 0 Å². The van der Waals surface area contributed by atoms with Crippen LogP contribution >= 0.6 is 11.6 Å². The molecule has 0 radical (unpaired) electrons. The van der Waals surface area contributed by atoms with Crippen molar-refractivity contribution in [3.63, 3.8) is 0 Å². The number of Topliss-reactive ketones (excluding diaryl/α,β-unsaturated/α-hetero) is 1. The lowest BCUT2D eigenvalue weighted by molar-refractivity contribution is -0.146. The first-order valence-corrected chi connectivity index (χ1v) is 13.4. The number of halogens is 1. The van der Waals surface area contributed by atoms with Crippen LogP contribution in [0.5, 0.6) is 0 Å². The van der Waals surface area contributed by atoms with E-state index in [1.165, 1.54) is 4.90 Å². The van der Waals surface area contributed by atoms with E-state index in [-0.39, 0.29) is 38.3 Å². The van der Waals surface area contributed by atoms with E-state index in [0.29, 0.717) is 29.8 Å². The van der Waals surface area contributed by atoms with Crippen molar-refractivity contribution in [2.45, 2.75) is 70.1 Å². The van der Waals surface area contributed by atoms with E-state index >= 15 is 0 Å². The Morgan fingerprint density at radius 3 is 2.23 bits per heavy atom. The van der Waals surface area contributed by atoms with Crippen molar-refractivity contribution >= 4 is 39.7 Å². The topological polar surface area (TPSA) is 133 Å². The Hall–Kier alpha value is -2.21. The lowest BCUT2D eigenvalue weighted by atomic mass is 9.89. The Morgan fingerprint density at radius 1 is 1.09 bits per heavy atom. The van der Waals surface area contributed by atoms with E-state index in [1.807, 2.05) is 0 Å². The lowest BCUT2D eigenvalue weighted by Crippen LogP contribution is -2.64. The van der Waals surface area contributed by atoms with Gasteiger partial charge < -0.3 is 14.7 Å². The maximum absolute atomic E-state index is 13.4. The smallest absolute Gasteiger partial charge is 0.410 e. The first-order valence-electron chi connectivity index (χ1n) is 11.6. The molecule has 2 aliphatic heterocycles. The Balaban J connectivity index is 1.78. The standard InChI is InChI=1S/C23H32ClN3O7S/c1-22(2,3)34-21(31)26-14-11-23(12-15-26,20(29)30)25-35(32,33)27-13-5-4-6-18(27)19(28)16-7-9-17(24)10-8-16/h7-10,18,25H,4-6,11-15H2,1-3H3,(H,29,30). The molecule has 12 heteroatoms. The zero-order valence-electron chi connectivity index (χ0n) is 20.1. The molecular weight excluding hydrogens is 498 g/mol. The molecule has 1 unspecified atom stereocenters. The number of carbonyl (C=O) groups excluding carboxylic acids is 2. The number of carboxylic acid groups (broad SMARTS) is 1. The summed E-state index contributed by atoms with van der Waals surface area (Å²) < 4.78 is 35.7. The number of ketones is 1. The normalized spacial score (nSPS) is 21.4. The molecule has 3 rings (SSSR count). The van der Waals surface area contributed by atoms with E-state index in [9.17, 15) is 27.9 Å². The van der Waals surface area contributed by atoms with Gasteiger partial charge in [0.05, 0.1) is 6.04 Å². The minimum absolute atomic E-state index is 0.0108. The molecule has 0 saturated carbocycles. The van der Waals surface area contributed by atoms with Crippen molar-refractivity contribution in [2.24, 2.45) is 0 Å². The highest BCUT2D eigenvalue weighted by Gasteiger charge is 2.48. The number of amides is 1. The van der Waals surface area contributed by atoms with Gasteiger partial charge in [-0.2, -0.15) is 17.4 Å². The summed E-state index contributed by atoms with van der Waals surface area (Å²) in [7, 11) is -4.34. The minimum Gasteiger partial charge on any atom is -0.480 e. The van der Waals surface area contributed by atoms with Crippen LogP contribution in [-0.2, 0) is 19.7 Å². The van der Waals surface area contributed by atoms with Crippen LogP contribution in [0.25, 0.3) is 0 Å². The second kappa shape index (κ2) is 10.4. The third-order valence-corrected chi connectivity index (χ3v) is 8.15. The van der Waals surface area contributed by atoms with E-state index in [2.05, 4.69) is 4.72 Å². The van der Waals surface area contributed by atoms with E-state index in [1.54, 1.807) is 45.0 Å². The number of rotatable bonds is 6. The maximum Gasteiger partial charge on any atom is 0.410 e. The predicted molar refractivity (Wildman–Crippen MR) is 130 cm³/mol. The van der Waals surface area contributed by atoms with Gasteiger partial charge in [0.25, 0.3) is 10.2 Å². The highest BCUT2D eigenvalue weighted by molar-refractivity contribution is 7.87.